The normalized spacial score (nSPS) is 9.95. The molecular weight excluding hydrogens is 250 g/mol. The second kappa shape index (κ2) is 5.78. The number of rotatable bonds is 5. The predicted octanol–water partition coefficient (Wildman–Crippen LogP) is 0.670. The summed E-state index contributed by atoms with van der Waals surface area (Å²) in [6.45, 7) is 0.116. The van der Waals surface area contributed by atoms with Crippen molar-refractivity contribution in [1.29, 1.82) is 0 Å². The highest BCUT2D eigenvalue weighted by molar-refractivity contribution is 5.91. The van der Waals surface area contributed by atoms with Crippen molar-refractivity contribution >= 4 is 12.2 Å². The minimum Gasteiger partial charge on any atom is -0.486 e. The highest BCUT2D eigenvalue weighted by atomic mass is 16.5. The fourth-order valence-corrected chi connectivity index (χ4v) is 1.36. The number of hydrazine groups is 1. The van der Waals surface area contributed by atoms with E-state index in [4.69, 9.17) is 15.1 Å². The topological polar surface area (TPSA) is 107 Å². The van der Waals surface area contributed by atoms with Crippen molar-refractivity contribution in [2.24, 2.45) is 5.84 Å². The quantitative estimate of drug-likeness (QED) is 0.354. The standard InChI is InChI=1S/C12H11N3O4/c13-14-12(17)11-5-10(19-15-11)7-18-9-3-1-8(6-16)2-4-9/h1-6H,7,13H2,(H,14,17). The van der Waals surface area contributed by atoms with Crippen LogP contribution in [-0.4, -0.2) is 17.4 Å². The van der Waals surface area contributed by atoms with Crippen LogP contribution in [0.25, 0.3) is 0 Å². The molecule has 0 radical (unpaired) electrons. The summed E-state index contributed by atoms with van der Waals surface area (Å²) in [7, 11) is 0. The van der Waals surface area contributed by atoms with Gasteiger partial charge in [-0.05, 0) is 24.3 Å². The van der Waals surface area contributed by atoms with Gasteiger partial charge in [0, 0.05) is 11.6 Å². The lowest BCUT2D eigenvalue weighted by Crippen LogP contribution is -2.30. The molecule has 7 nitrogen and oxygen atoms in total. The molecule has 0 aliphatic heterocycles. The molecule has 2 rings (SSSR count). The van der Waals surface area contributed by atoms with Crippen LogP contribution >= 0.6 is 0 Å². The molecule has 0 saturated carbocycles. The summed E-state index contributed by atoms with van der Waals surface area (Å²) in [5, 5.41) is 3.53. The Hall–Kier alpha value is -2.67. The molecule has 0 atom stereocenters. The molecule has 0 spiro atoms. The number of nitrogens with zero attached hydrogens (tertiary/aromatic N) is 1. The van der Waals surface area contributed by atoms with E-state index in [9.17, 15) is 9.59 Å². The van der Waals surface area contributed by atoms with E-state index >= 15 is 0 Å². The van der Waals surface area contributed by atoms with Gasteiger partial charge in [-0.2, -0.15) is 0 Å². The van der Waals surface area contributed by atoms with E-state index in [2.05, 4.69) is 5.16 Å². The molecule has 0 aliphatic rings. The molecule has 0 unspecified atom stereocenters. The smallest absolute Gasteiger partial charge is 0.287 e. The first-order valence-electron chi connectivity index (χ1n) is 5.37. The highest BCUT2D eigenvalue weighted by Crippen LogP contribution is 2.14. The molecular formula is C12H11N3O4. The van der Waals surface area contributed by atoms with E-state index in [-0.39, 0.29) is 12.3 Å². The van der Waals surface area contributed by atoms with Crippen molar-refractivity contribution in [1.82, 2.24) is 10.6 Å². The van der Waals surface area contributed by atoms with Gasteiger partial charge in [-0.1, -0.05) is 5.16 Å². The summed E-state index contributed by atoms with van der Waals surface area (Å²) < 4.78 is 10.3. The Morgan fingerprint density at radius 3 is 2.79 bits per heavy atom. The fourth-order valence-electron chi connectivity index (χ4n) is 1.36. The van der Waals surface area contributed by atoms with Crippen LogP contribution in [0.15, 0.2) is 34.9 Å². The summed E-state index contributed by atoms with van der Waals surface area (Å²) >= 11 is 0. The van der Waals surface area contributed by atoms with Crippen LogP contribution in [0.5, 0.6) is 5.75 Å². The fraction of sp³-hybridized carbons (Fsp3) is 0.0833. The van der Waals surface area contributed by atoms with E-state index in [1.807, 2.05) is 5.43 Å². The monoisotopic (exact) mass is 261 g/mol. The van der Waals surface area contributed by atoms with Gasteiger partial charge in [-0.3, -0.25) is 15.0 Å². The number of aromatic nitrogens is 1. The van der Waals surface area contributed by atoms with Gasteiger partial charge in [0.25, 0.3) is 5.91 Å². The first kappa shape index (κ1) is 12.8. The van der Waals surface area contributed by atoms with Crippen molar-refractivity contribution in [3.05, 3.63) is 47.3 Å². The number of nitrogens with one attached hydrogen (secondary N) is 1. The minimum atomic E-state index is -0.537. The number of nitrogens with two attached hydrogens (primary N) is 1. The Morgan fingerprint density at radius 2 is 2.16 bits per heavy atom. The number of carbonyl (C=O) groups is 2. The third-order valence-electron chi connectivity index (χ3n) is 2.32. The molecule has 1 aromatic heterocycles. The molecule has 0 bridgehead atoms. The van der Waals surface area contributed by atoms with Gasteiger partial charge in [0.05, 0.1) is 0 Å². The Balaban J connectivity index is 1.96. The first-order valence-corrected chi connectivity index (χ1v) is 5.37. The maximum absolute atomic E-state index is 11.1. The van der Waals surface area contributed by atoms with Crippen LogP contribution in [0.3, 0.4) is 0 Å². The van der Waals surface area contributed by atoms with Gasteiger partial charge in [0.1, 0.15) is 18.6 Å². The van der Waals surface area contributed by atoms with Gasteiger partial charge in [-0.15, -0.1) is 0 Å². The molecule has 7 heteroatoms. The van der Waals surface area contributed by atoms with Crippen LogP contribution in [0.1, 0.15) is 26.6 Å². The average molecular weight is 261 g/mol. The minimum absolute atomic E-state index is 0.0809. The largest absolute Gasteiger partial charge is 0.486 e. The summed E-state index contributed by atoms with van der Waals surface area (Å²) in [6.07, 6.45) is 0.748. The van der Waals surface area contributed by atoms with E-state index in [0.717, 1.165) is 6.29 Å². The number of benzene rings is 1. The summed E-state index contributed by atoms with van der Waals surface area (Å²) in [6, 6.07) is 8.02. The van der Waals surface area contributed by atoms with Crippen LogP contribution in [0.2, 0.25) is 0 Å². The van der Waals surface area contributed by atoms with Crippen LogP contribution in [-0.2, 0) is 6.61 Å². The van der Waals surface area contributed by atoms with Crippen LogP contribution < -0.4 is 16.0 Å². The number of hydrogen-bond donors (Lipinski definition) is 2. The highest BCUT2D eigenvalue weighted by Gasteiger charge is 2.11. The second-order valence-corrected chi connectivity index (χ2v) is 3.63. The third-order valence-corrected chi connectivity index (χ3v) is 2.32. The van der Waals surface area contributed by atoms with Crippen molar-refractivity contribution in [2.75, 3.05) is 0 Å². The zero-order valence-electron chi connectivity index (χ0n) is 9.83. The van der Waals surface area contributed by atoms with Gasteiger partial charge in [-0.25, -0.2) is 5.84 Å². The van der Waals surface area contributed by atoms with Crippen LogP contribution in [0, 0.1) is 0 Å². The van der Waals surface area contributed by atoms with Gasteiger partial charge in [0.2, 0.25) is 0 Å². The van der Waals surface area contributed by atoms with Crippen LogP contribution in [0.4, 0.5) is 0 Å². The maximum Gasteiger partial charge on any atom is 0.287 e. The number of nitrogen functional groups attached to an aromatic ring is 1. The predicted molar refractivity (Wildman–Crippen MR) is 64.3 cm³/mol. The molecule has 1 aromatic carbocycles. The number of ether oxygens (including phenoxy) is 1. The van der Waals surface area contributed by atoms with Gasteiger partial charge < -0.3 is 9.26 Å². The van der Waals surface area contributed by atoms with Crippen molar-refractivity contribution in [2.45, 2.75) is 6.61 Å². The maximum atomic E-state index is 11.1. The molecule has 19 heavy (non-hydrogen) atoms. The third kappa shape index (κ3) is 3.17. The molecule has 98 valence electrons. The lowest BCUT2D eigenvalue weighted by Gasteiger charge is -2.02. The molecule has 0 aliphatic carbocycles. The Labute approximate surface area is 108 Å². The lowest BCUT2D eigenvalue weighted by atomic mass is 10.2. The summed E-state index contributed by atoms with van der Waals surface area (Å²) in [5.41, 5.74) is 2.59. The zero-order valence-corrected chi connectivity index (χ0v) is 9.83. The van der Waals surface area contributed by atoms with Crippen molar-refractivity contribution in [3.8, 4) is 5.75 Å². The number of aldehydes is 1. The van der Waals surface area contributed by atoms with E-state index in [1.165, 1.54) is 6.07 Å². The molecule has 0 fully saturated rings. The number of hydrogen-bond acceptors (Lipinski definition) is 6. The summed E-state index contributed by atoms with van der Waals surface area (Å²) in [4.78, 5) is 21.6. The van der Waals surface area contributed by atoms with Gasteiger partial charge >= 0.3 is 0 Å². The average Bonchev–Trinajstić information content (AvgIpc) is 2.93. The number of amides is 1. The zero-order chi connectivity index (χ0) is 13.7. The summed E-state index contributed by atoms with van der Waals surface area (Å²) in [5.74, 6) is 5.39. The molecule has 1 heterocycles. The second-order valence-electron chi connectivity index (χ2n) is 3.63. The number of carbonyl (C=O) groups excluding carboxylic acids is 2. The van der Waals surface area contributed by atoms with E-state index in [1.54, 1.807) is 24.3 Å². The van der Waals surface area contributed by atoms with Crippen molar-refractivity contribution < 1.29 is 18.8 Å². The molecule has 0 saturated heterocycles. The van der Waals surface area contributed by atoms with E-state index in [0.29, 0.717) is 17.1 Å². The lowest BCUT2D eigenvalue weighted by molar-refractivity contribution is 0.0944. The SMILES string of the molecule is NNC(=O)c1cc(COc2ccc(C=O)cc2)on1. The van der Waals surface area contributed by atoms with Crippen molar-refractivity contribution in [3.63, 3.8) is 0 Å². The Bertz CT molecular complexity index is 577. The van der Waals surface area contributed by atoms with Gasteiger partial charge in [0.15, 0.2) is 11.5 Å². The molecule has 1 amide bonds. The Kier molecular flexibility index (Phi) is 3.89. The first-order chi connectivity index (χ1) is 9.22. The molecule has 3 N–H and O–H groups in total. The molecule has 2 aromatic rings. The van der Waals surface area contributed by atoms with E-state index < -0.39 is 5.91 Å². The Morgan fingerprint density at radius 1 is 1.42 bits per heavy atom.